The minimum atomic E-state index is -4.68. The van der Waals surface area contributed by atoms with Gasteiger partial charge < -0.3 is 15.4 Å². The van der Waals surface area contributed by atoms with Crippen molar-refractivity contribution in [2.24, 2.45) is 0 Å². The maximum absolute atomic E-state index is 13.0. The number of nitrogen functional groups attached to an aromatic ring is 1. The van der Waals surface area contributed by atoms with Crippen molar-refractivity contribution in [1.82, 2.24) is 9.21 Å². The molecule has 1 atom stereocenters. The lowest BCUT2D eigenvalue weighted by molar-refractivity contribution is -0.392. The molecule has 0 bridgehead atoms. The summed E-state index contributed by atoms with van der Waals surface area (Å²) in [6.07, 6.45) is -0.887. The summed E-state index contributed by atoms with van der Waals surface area (Å²) in [7, 11) is -1.97. The van der Waals surface area contributed by atoms with E-state index < -0.39 is 54.0 Å². The molecule has 1 fully saturated rings. The lowest BCUT2D eigenvalue weighted by Gasteiger charge is -2.26. The van der Waals surface area contributed by atoms with Crippen LogP contribution in [0.25, 0.3) is 0 Å². The number of hydrogen-bond acceptors (Lipinski definition) is 10. The number of sulfonamides is 1. The minimum absolute atomic E-state index is 0.216. The first kappa shape index (κ1) is 20.3. The van der Waals surface area contributed by atoms with Gasteiger partial charge in [-0.15, -0.1) is 0 Å². The highest BCUT2D eigenvalue weighted by Gasteiger charge is 2.41. The smallest absolute Gasteiger partial charge is 0.423 e. The quantitative estimate of drug-likeness (QED) is 0.414. The second kappa shape index (κ2) is 7.32. The van der Waals surface area contributed by atoms with Crippen molar-refractivity contribution in [2.45, 2.75) is 17.4 Å². The van der Waals surface area contributed by atoms with Gasteiger partial charge in [-0.05, 0) is 20.0 Å². The zero-order chi connectivity index (χ0) is 20.5. The zero-order valence-corrected chi connectivity index (χ0v) is 15.2. The second-order valence-corrected chi connectivity index (χ2v) is 7.68. The molecule has 1 unspecified atom stereocenters. The number of methoxy groups -OCH3 is 1. The average molecular weight is 403 g/mol. The van der Waals surface area contributed by atoms with E-state index >= 15 is 0 Å². The molecule has 2 N–H and O–H groups in total. The van der Waals surface area contributed by atoms with Crippen molar-refractivity contribution in [2.75, 3.05) is 33.0 Å². The SMILES string of the molecule is COC(=O)N(C1CCN(C)C1)S(=O)(=O)c1cc([N+](=O)[O-])c(N)c([N+](=O)[O-])c1. The number of nitro benzene ring substituents is 2. The predicted molar refractivity (Wildman–Crippen MR) is 91.5 cm³/mol. The predicted octanol–water partition coefficient (Wildman–Crippen LogP) is 0.546. The van der Waals surface area contributed by atoms with Gasteiger partial charge in [0.25, 0.3) is 10.0 Å². The van der Waals surface area contributed by atoms with E-state index in [1.54, 1.807) is 11.9 Å². The average Bonchev–Trinajstić information content (AvgIpc) is 2.99. The first-order valence-electron chi connectivity index (χ1n) is 7.54. The lowest BCUT2D eigenvalue weighted by Crippen LogP contribution is -2.45. The molecule has 1 amide bonds. The fourth-order valence-corrected chi connectivity index (χ4v) is 4.38. The molecule has 27 heavy (non-hydrogen) atoms. The van der Waals surface area contributed by atoms with Crippen LogP contribution in [0.3, 0.4) is 0 Å². The fourth-order valence-electron chi connectivity index (χ4n) is 2.80. The first-order valence-corrected chi connectivity index (χ1v) is 8.98. The molecule has 1 aliphatic heterocycles. The summed E-state index contributed by atoms with van der Waals surface area (Å²) < 4.78 is 31.0. The molecule has 13 nitrogen and oxygen atoms in total. The normalized spacial score (nSPS) is 17.5. The molecule has 2 rings (SSSR count). The van der Waals surface area contributed by atoms with E-state index in [1.807, 2.05) is 0 Å². The Morgan fingerprint density at radius 3 is 2.19 bits per heavy atom. The maximum Gasteiger partial charge on any atom is 0.423 e. The number of likely N-dealkylation sites (tertiary alicyclic amines) is 1. The zero-order valence-electron chi connectivity index (χ0n) is 14.4. The van der Waals surface area contributed by atoms with E-state index in [1.165, 1.54) is 0 Å². The third-order valence-corrected chi connectivity index (χ3v) is 5.91. The van der Waals surface area contributed by atoms with Crippen LogP contribution in [0.15, 0.2) is 17.0 Å². The third kappa shape index (κ3) is 3.75. The van der Waals surface area contributed by atoms with Gasteiger partial charge in [0.2, 0.25) is 0 Å². The Balaban J connectivity index is 2.66. The van der Waals surface area contributed by atoms with Gasteiger partial charge in [-0.2, -0.15) is 4.31 Å². The summed E-state index contributed by atoms with van der Waals surface area (Å²) in [6, 6.07) is 0.390. The number of amides is 1. The number of hydrogen-bond donors (Lipinski definition) is 1. The number of carbonyl (C=O) groups is 1. The second-order valence-electron chi connectivity index (χ2n) is 5.87. The van der Waals surface area contributed by atoms with Gasteiger partial charge in [0.15, 0.2) is 5.69 Å². The van der Waals surface area contributed by atoms with Crippen LogP contribution < -0.4 is 5.73 Å². The van der Waals surface area contributed by atoms with E-state index in [0.717, 1.165) is 7.11 Å². The number of nitrogens with zero attached hydrogens (tertiary/aromatic N) is 4. The Bertz CT molecular complexity index is 867. The molecule has 0 aliphatic carbocycles. The van der Waals surface area contributed by atoms with Crippen molar-refractivity contribution in [3.05, 3.63) is 32.4 Å². The van der Waals surface area contributed by atoms with Gasteiger partial charge >= 0.3 is 17.5 Å². The standard InChI is InChI=1S/C13H17N5O8S/c1-15-4-3-8(7-15)16(13(19)26-2)27(24,25)9-5-10(17(20)21)12(14)11(6-9)18(22)23/h5-6,8H,3-4,7,14H2,1-2H3. The van der Waals surface area contributed by atoms with Crippen LogP contribution in [0.5, 0.6) is 0 Å². The highest BCUT2D eigenvalue weighted by atomic mass is 32.2. The molecule has 14 heteroatoms. The molecule has 0 saturated carbocycles. The largest absolute Gasteiger partial charge is 0.452 e. The van der Waals surface area contributed by atoms with Crippen LogP contribution in [0.4, 0.5) is 21.9 Å². The molecule has 0 radical (unpaired) electrons. The Morgan fingerprint density at radius 1 is 1.30 bits per heavy atom. The first-order chi connectivity index (χ1) is 12.5. The summed E-state index contributed by atoms with van der Waals surface area (Å²) in [6.45, 7) is 0.725. The topological polar surface area (TPSA) is 179 Å². The number of likely N-dealkylation sites (N-methyl/N-ethyl adjacent to an activating group) is 1. The number of carbonyl (C=O) groups excluding carboxylic acids is 1. The van der Waals surface area contributed by atoms with Crippen LogP contribution in [0, 0.1) is 20.2 Å². The van der Waals surface area contributed by atoms with Crippen LogP contribution in [0.2, 0.25) is 0 Å². The number of ether oxygens (including phenoxy) is 1. The van der Waals surface area contributed by atoms with Crippen LogP contribution in [-0.2, 0) is 14.8 Å². The molecule has 1 aromatic rings. The van der Waals surface area contributed by atoms with Gasteiger partial charge in [-0.3, -0.25) is 20.2 Å². The lowest BCUT2D eigenvalue weighted by atomic mass is 10.2. The molecule has 1 heterocycles. The maximum atomic E-state index is 13.0. The van der Waals surface area contributed by atoms with Crippen molar-refractivity contribution < 1.29 is 27.8 Å². The van der Waals surface area contributed by atoms with E-state index in [4.69, 9.17) is 5.73 Å². The number of nitrogens with two attached hydrogens (primary N) is 1. The summed E-state index contributed by atoms with van der Waals surface area (Å²) in [5.74, 6) is 0. The number of anilines is 1. The van der Waals surface area contributed by atoms with Gasteiger partial charge in [-0.1, -0.05) is 0 Å². The summed E-state index contributed by atoms with van der Waals surface area (Å²) >= 11 is 0. The Kier molecular flexibility index (Phi) is 5.51. The van der Waals surface area contributed by atoms with E-state index in [2.05, 4.69) is 4.74 Å². The monoisotopic (exact) mass is 403 g/mol. The summed E-state index contributed by atoms with van der Waals surface area (Å²) in [5, 5.41) is 22.3. The van der Waals surface area contributed by atoms with E-state index in [0.29, 0.717) is 29.4 Å². The Morgan fingerprint density at radius 2 is 1.81 bits per heavy atom. The molecule has 0 aromatic heterocycles. The van der Waals surface area contributed by atoms with Crippen LogP contribution >= 0.6 is 0 Å². The van der Waals surface area contributed by atoms with Crippen molar-refractivity contribution in [3.8, 4) is 0 Å². The van der Waals surface area contributed by atoms with Crippen LogP contribution in [-0.4, -0.2) is 66.9 Å². The van der Waals surface area contributed by atoms with Crippen LogP contribution in [0.1, 0.15) is 6.42 Å². The summed E-state index contributed by atoms with van der Waals surface area (Å²) in [4.78, 5) is 33.3. The minimum Gasteiger partial charge on any atom is -0.452 e. The van der Waals surface area contributed by atoms with E-state index in [-0.39, 0.29) is 6.54 Å². The van der Waals surface area contributed by atoms with Gasteiger partial charge in [0, 0.05) is 18.7 Å². The van der Waals surface area contributed by atoms with Crippen molar-refractivity contribution in [1.29, 1.82) is 0 Å². The molecule has 1 saturated heterocycles. The molecule has 1 aromatic carbocycles. The van der Waals surface area contributed by atoms with Crippen molar-refractivity contribution >= 4 is 33.2 Å². The van der Waals surface area contributed by atoms with Gasteiger partial charge in [0.05, 0.1) is 23.0 Å². The third-order valence-electron chi connectivity index (χ3n) is 4.11. The molecular formula is C13H17N5O8S. The molecular weight excluding hydrogens is 386 g/mol. The van der Waals surface area contributed by atoms with E-state index in [9.17, 15) is 33.4 Å². The Hall–Kier alpha value is -3.00. The van der Waals surface area contributed by atoms with Crippen molar-refractivity contribution in [3.63, 3.8) is 0 Å². The Labute approximate surface area is 153 Å². The molecule has 148 valence electrons. The van der Waals surface area contributed by atoms with Gasteiger partial charge in [0.1, 0.15) is 4.90 Å². The highest BCUT2D eigenvalue weighted by molar-refractivity contribution is 7.89. The number of rotatable bonds is 5. The molecule has 0 spiro atoms. The van der Waals surface area contributed by atoms with Gasteiger partial charge in [-0.25, -0.2) is 13.2 Å². The number of nitro groups is 2. The number of benzene rings is 1. The fraction of sp³-hybridized carbons (Fsp3) is 0.462. The molecule has 1 aliphatic rings. The highest BCUT2D eigenvalue weighted by Crippen LogP contribution is 2.36. The summed E-state index contributed by atoms with van der Waals surface area (Å²) in [5.41, 5.74) is 2.73.